The first kappa shape index (κ1) is 47.5. The number of rotatable bonds is 35. The molecule has 50 heavy (non-hydrogen) atoms. The van der Waals surface area contributed by atoms with Crippen molar-refractivity contribution in [2.24, 2.45) is 10.8 Å². The molecule has 0 amide bonds. The van der Waals surface area contributed by atoms with Crippen LogP contribution in [0.3, 0.4) is 0 Å². The summed E-state index contributed by atoms with van der Waals surface area (Å²) in [5.41, 5.74) is -2.25. The van der Waals surface area contributed by atoms with Gasteiger partial charge in [0, 0.05) is 38.1 Å². The van der Waals surface area contributed by atoms with E-state index >= 15 is 0 Å². The standard InChI is InChI=1S/C32H60N2O16/c1-31(2,23-49-19-17-47-15-13-45-11-9-43-5)27(29(39)40)33(21-25(35)36)7-8-34(22-26(37)38)28(30(41)42)32(3,4)24-50-20-18-48-16-14-46-12-10-44-6/h27-28H,7-24H2,1-6H3,(H,35,36)(H,37,38)(H,39,40)(H,41,42). The Balaban J connectivity index is 5.49. The van der Waals surface area contributed by atoms with Crippen LogP contribution in [0.25, 0.3) is 0 Å². The van der Waals surface area contributed by atoms with Crippen LogP contribution >= 0.6 is 0 Å². The van der Waals surface area contributed by atoms with Crippen LogP contribution in [0.5, 0.6) is 0 Å². The fraction of sp³-hybridized carbons (Fsp3) is 0.875. The lowest BCUT2D eigenvalue weighted by Crippen LogP contribution is -2.58. The van der Waals surface area contributed by atoms with Crippen molar-refractivity contribution in [1.29, 1.82) is 0 Å². The van der Waals surface area contributed by atoms with Gasteiger partial charge in [-0.3, -0.25) is 29.0 Å². The molecule has 0 fully saturated rings. The van der Waals surface area contributed by atoms with E-state index in [0.717, 1.165) is 0 Å². The smallest absolute Gasteiger partial charge is 0.321 e. The molecular weight excluding hydrogens is 668 g/mol. The average molecular weight is 729 g/mol. The lowest BCUT2D eigenvalue weighted by molar-refractivity contribution is -0.158. The van der Waals surface area contributed by atoms with Gasteiger partial charge in [0.25, 0.3) is 0 Å². The third-order valence-corrected chi connectivity index (χ3v) is 7.33. The van der Waals surface area contributed by atoms with E-state index in [1.54, 1.807) is 41.9 Å². The van der Waals surface area contributed by atoms with Crippen molar-refractivity contribution in [3.8, 4) is 0 Å². The van der Waals surface area contributed by atoms with E-state index in [1.807, 2.05) is 0 Å². The predicted molar refractivity (Wildman–Crippen MR) is 177 cm³/mol. The van der Waals surface area contributed by atoms with Crippen molar-refractivity contribution >= 4 is 23.9 Å². The summed E-state index contributed by atoms with van der Waals surface area (Å²) in [4.78, 5) is 51.2. The van der Waals surface area contributed by atoms with Crippen LogP contribution < -0.4 is 0 Å². The summed E-state index contributed by atoms with van der Waals surface area (Å²) in [6.45, 7) is 8.30. The highest BCUT2D eigenvalue weighted by Gasteiger charge is 2.44. The molecule has 2 unspecified atom stereocenters. The Kier molecular flexibility index (Phi) is 25.8. The van der Waals surface area contributed by atoms with Crippen LogP contribution in [0, 0.1) is 10.8 Å². The number of aliphatic carboxylic acids is 4. The molecule has 0 saturated carbocycles. The molecule has 18 heteroatoms. The van der Waals surface area contributed by atoms with Crippen molar-refractivity contribution in [2.45, 2.75) is 39.8 Å². The van der Waals surface area contributed by atoms with Gasteiger partial charge in [0.05, 0.1) is 106 Å². The van der Waals surface area contributed by atoms with E-state index in [-0.39, 0.29) is 52.7 Å². The first-order chi connectivity index (χ1) is 23.6. The number of hydrogen-bond donors (Lipinski definition) is 4. The van der Waals surface area contributed by atoms with Crippen LogP contribution in [-0.4, -0.2) is 199 Å². The number of carboxylic acid groups (broad SMARTS) is 4. The summed E-state index contributed by atoms with van der Waals surface area (Å²) in [6, 6.07) is -2.77. The SMILES string of the molecule is COCCOCCOCCOCC(C)(C)C(C(=O)O)N(CCN(CC(=O)O)C(C(=O)O)C(C)(C)COCCOCCOCCOC)CC(=O)O. The molecule has 0 radical (unpaired) electrons. The van der Waals surface area contributed by atoms with Crippen LogP contribution in [0.4, 0.5) is 0 Å². The summed E-state index contributed by atoms with van der Waals surface area (Å²) < 4.78 is 42.7. The molecule has 0 aromatic carbocycles. The number of nitrogens with zero attached hydrogens (tertiary/aromatic N) is 2. The zero-order chi connectivity index (χ0) is 38.0. The van der Waals surface area contributed by atoms with Crippen molar-refractivity contribution < 1.29 is 77.5 Å². The Bertz CT molecular complexity index is 877. The number of ether oxygens (including phenoxy) is 8. The topological polar surface area (TPSA) is 230 Å². The normalized spacial score (nSPS) is 13.5. The number of methoxy groups -OCH3 is 2. The van der Waals surface area contributed by atoms with E-state index in [1.165, 1.54) is 9.80 Å². The monoisotopic (exact) mass is 728 g/mol. The first-order valence-electron chi connectivity index (χ1n) is 16.4. The molecule has 0 heterocycles. The molecule has 2 atom stereocenters. The van der Waals surface area contributed by atoms with Gasteiger partial charge in [-0.1, -0.05) is 27.7 Å². The minimum absolute atomic E-state index is 0.0701. The van der Waals surface area contributed by atoms with Gasteiger partial charge in [-0.25, -0.2) is 0 Å². The number of hydrogen-bond acceptors (Lipinski definition) is 14. The summed E-state index contributed by atoms with van der Waals surface area (Å²) in [6.07, 6.45) is 0. The van der Waals surface area contributed by atoms with Crippen LogP contribution in [0.15, 0.2) is 0 Å². The molecule has 0 aliphatic rings. The van der Waals surface area contributed by atoms with E-state index in [2.05, 4.69) is 0 Å². The second-order valence-electron chi connectivity index (χ2n) is 12.7. The first-order valence-corrected chi connectivity index (χ1v) is 16.4. The van der Waals surface area contributed by atoms with Gasteiger partial charge in [0.1, 0.15) is 12.1 Å². The third kappa shape index (κ3) is 21.6. The molecule has 4 N–H and O–H groups in total. The predicted octanol–water partition coefficient (Wildman–Crippen LogP) is 0.111. The molecule has 0 aromatic heterocycles. The molecule has 0 aromatic rings. The Morgan fingerprint density at radius 1 is 0.480 bits per heavy atom. The molecule has 0 spiro atoms. The minimum Gasteiger partial charge on any atom is -0.480 e. The molecule has 0 aliphatic heterocycles. The maximum atomic E-state index is 12.6. The Labute approximate surface area is 294 Å². The van der Waals surface area contributed by atoms with Gasteiger partial charge < -0.3 is 58.3 Å². The van der Waals surface area contributed by atoms with Crippen LogP contribution in [0.2, 0.25) is 0 Å². The zero-order valence-corrected chi connectivity index (χ0v) is 30.5. The lowest BCUT2D eigenvalue weighted by atomic mass is 9.83. The summed E-state index contributed by atoms with van der Waals surface area (Å²) in [7, 11) is 3.14. The van der Waals surface area contributed by atoms with Crippen molar-refractivity contribution in [3.63, 3.8) is 0 Å². The number of carbonyl (C=O) groups is 4. The highest BCUT2D eigenvalue weighted by molar-refractivity contribution is 5.77. The molecule has 18 nitrogen and oxygen atoms in total. The van der Waals surface area contributed by atoms with Crippen molar-refractivity contribution in [2.75, 3.05) is 133 Å². The second-order valence-corrected chi connectivity index (χ2v) is 12.7. The molecular formula is C32H60N2O16. The van der Waals surface area contributed by atoms with Crippen LogP contribution in [0.1, 0.15) is 27.7 Å². The van der Waals surface area contributed by atoms with Gasteiger partial charge in [0.2, 0.25) is 0 Å². The second kappa shape index (κ2) is 27.2. The molecule has 0 rings (SSSR count). The van der Waals surface area contributed by atoms with Gasteiger partial charge in [0.15, 0.2) is 0 Å². The van der Waals surface area contributed by atoms with Gasteiger partial charge >= 0.3 is 23.9 Å². The molecule has 0 aliphatic carbocycles. The maximum Gasteiger partial charge on any atom is 0.321 e. The summed E-state index contributed by atoms with van der Waals surface area (Å²) in [5, 5.41) is 39.8. The maximum absolute atomic E-state index is 12.6. The Morgan fingerprint density at radius 2 is 0.740 bits per heavy atom. The Hall–Kier alpha value is -2.52. The fourth-order valence-electron chi connectivity index (χ4n) is 5.17. The average Bonchev–Trinajstić information content (AvgIpc) is 3.00. The number of carboxylic acids is 4. The molecule has 0 bridgehead atoms. The largest absolute Gasteiger partial charge is 0.480 e. The lowest BCUT2D eigenvalue weighted by Gasteiger charge is -2.42. The van der Waals surface area contributed by atoms with E-state index < -0.39 is 59.9 Å². The highest BCUT2D eigenvalue weighted by atomic mass is 16.6. The van der Waals surface area contributed by atoms with E-state index in [0.29, 0.717) is 52.9 Å². The fourth-order valence-corrected chi connectivity index (χ4v) is 5.17. The van der Waals surface area contributed by atoms with Crippen LogP contribution in [-0.2, 0) is 57.1 Å². The van der Waals surface area contributed by atoms with E-state index in [4.69, 9.17) is 37.9 Å². The van der Waals surface area contributed by atoms with Gasteiger partial charge in [-0.15, -0.1) is 0 Å². The Morgan fingerprint density at radius 3 is 0.980 bits per heavy atom. The quantitative estimate of drug-likeness (QED) is 0.0635. The van der Waals surface area contributed by atoms with Gasteiger partial charge in [-0.2, -0.15) is 0 Å². The summed E-state index contributed by atoms with van der Waals surface area (Å²) in [5.74, 6) is -5.26. The third-order valence-electron chi connectivity index (χ3n) is 7.33. The van der Waals surface area contributed by atoms with Crippen molar-refractivity contribution in [3.05, 3.63) is 0 Å². The van der Waals surface area contributed by atoms with Gasteiger partial charge in [-0.05, 0) is 0 Å². The molecule has 0 saturated heterocycles. The van der Waals surface area contributed by atoms with Crippen molar-refractivity contribution in [1.82, 2.24) is 9.80 Å². The minimum atomic E-state index is -1.38. The summed E-state index contributed by atoms with van der Waals surface area (Å²) >= 11 is 0. The zero-order valence-electron chi connectivity index (χ0n) is 30.5. The van der Waals surface area contributed by atoms with E-state index in [9.17, 15) is 39.6 Å². The molecule has 294 valence electrons. The highest BCUT2D eigenvalue weighted by Crippen LogP contribution is 2.29.